The Balaban J connectivity index is 1.66. The average Bonchev–Trinajstić information content (AvgIpc) is 3.30. The molecule has 12 nitrogen and oxygen atoms in total. The summed E-state index contributed by atoms with van der Waals surface area (Å²) in [6, 6.07) is 0.758. The van der Waals surface area contributed by atoms with Crippen molar-refractivity contribution in [2.75, 3.05) is 38.4 Å². The molecule has 5 rings (SSSR count). The molecule has 0 saturated carbocycles. The second-order valence-corrected chi connectivity index (χ2v) is 12.1. The number of nitrogens with two attached hydrogens (primary N) is 1. The number of aliphatic hydroxyl groups excluding tert-OH is 2. The molecule has 7 N–H and O–H groups in total. The van der Waals surface area contributed by atoms with E-state index in [1.807, 2.05) is 31.3 Å². The Morgan fingerprint density at radius 2 is 1.90 bits per heavy atom. The summed E-state index contributed by atoms with van der Waals surface area (Å²) in [4.78, 5) is 47.4. The Kier molecular flexibility index (Phi) is 6.87. The summed E-state index contributed by atoms with van der Waals surface area (Å²) in [6.45, 7) is 2.02. The monoisotopic (exact) mass is 583 g/mol. The molecule has 1 heterocycles. The maximum absolute atomic E-state index is 14.1. The molecule has 0 aliphatic heterocycles. The number of thiazole rings is 1. The van der Waals surface area contributed by atoms with E-state index in [1.165, 1.54) is 16.2 Å². The number of ketones is 2. The molecule has 13 heteroatoms. The van der Waals surface area contributed by atoms with Crippen molar-refractivity contribution >= 4 is 39.6 Å². The number of carbonyl (C=O) groups is 3. The van der Waals surface area contributed by atoms with Crippen LogP contribution >= 0.6 is 11.3 Å². The first-order chi connectivity index (χ1) is 19.2. The third-order valence-electron chi connectivity index (χ3n) is 8.31. The third kappa shape index (κ3) is 4.18. The number of likely N-dealkylation sites (N-methyl/N-ethyl adjacent to an activating group) is 1. The van der Waals surface area contributed by atoms with E-state index in [2.05, 4.69) is 10.3 Å². The number of rotatable bonds is 6. The highest BCUT2D eigenvalue weighted by Crippen LogP contribution is 2.53. The van der Waals surface area contributed by atoms with Crippen LogP contribution in [-0.2, 0) is 22.6 Å². The van der Waals surface area contributed by atoms with Crippen LogP contribution < -0.4 is 16.0 Å². The molecule has 1 aromatic heterocycles. The number of aromatic hydroxyl groups is 1. The summed E-state index contributed by atoms with van der Waals surface area (Å²) in [6.07, 6.45) is 0.251. The fourth-order valence-electron chi connectivity index (χ4n) is 6.49. The lowest BCUT2D eigenvalue weighted by atomic mass is 9.58. The second kappa shape index (κ2) is 9.86. The molecule has 4 atom stereocenters. The Labute approximate surface area is 240 Å². The Bertz CT molecular complexity index is 1560. The summed E-state index contributed by atoms with van der Waals surface area (Å²) < 4.78 is 0. The van der Waals surface area contributed by atoms with Crippen molar-refractivity contribution in [3.8, 4) is 5.75 Å². The van der Waals surface area contributed by atoms with Gasteiger partial charge in [-0.05, 0) is 51.4 Å². The smallest absolute Gasteiger partial charge is 0.255 e. The minimum absolute atomic E-state index is 0.0240. The number of hydrogen-bond donors (Lipinski definition) is 6. The molecule has 41 heavy (non-hydrogen) atoms. The van der Waals surface area contributed by atoms with Crippen LogP contribution in [0.5, 0.6) is 5.75 Å². The van der Waals surface area contributed by atoms with Gasteiger partial charge >= 0.3 is 0 Å². The number of amides is 1. The van der Waals surface area contributed by atoms with Gasteiger partial charge in [-0.3, -0.25) is 19.3 Å². The van der Waals surface area contributed by atoms with E-state index in [-0.39, 0.29) is 36.3 Å². The predicted octanol–water partition coefficient (Wildman–Crippen LogP) is 1.56. The lowest BCUT2D eigenvalue weighted by Gasteiger charge is -2.50. The minimum atomic E-state index is -2.67. The number of aliphatic hydroxyl groups is 3. The van der Waals surface area contributed by atoms with Crippen molar-refractivity contribution in [2.45, 2.75) is 38.0 Å². The van der Waals surface area contributed by atoms with Crippen LogP contribution in [0.15, 0.2) is 34.1 Å². The topological polar surface area (TPSA) is 190 Å². The first-order valence-corrected chi connectivity index (χ1v) is 13.9. The molecule has 0 spiro atoms. The molecular formula is C28H33N5O7S. The summed E-state index contributed by atoms with van der Waals surface area (Å²) in [5.74, 6) is -6.71. The van der Waals surface area contributed by atoms with Gasteiger partial charge in [-0.1, -0.05) is 0 Å². The quantitative estimate of drug-likeness (QED) is 0.271. The number of allylic oxidation sites excluding steroid dienone is 1. The summed E-state index contributed by atoms with van der Waals surface area (Å²) in [5, 5.41) is 51.2. The van der Waals surface area contributed by atoms with E-state index < -0.39 is 58.0 Å². The van der Waals surface area contributed by atoms with E-state index in [0.717, 1.165) is 5.69 Å². The summed E-state index contributed by atoms with van der Waals surface area (Å²) in [7, 11) is 6.82. The number of benzene rings is 1. The highest BCUT2D eigenvalue weighted by molar-refractivity contribution is 7.13. The number of Topliss-reactive ketones (excluding diaryl/α,β-unsaturated/α-hetero) is 2. The van der Waals surface area contributed by atoms with E-state index in [1.54, 1.807) is 20.2 Å². The fourth-order valence-corrected chi connectivity index (χ4v) is 7.18. The average molecular weight is 584 g/mol. The van der Waals surface area contributed by atoms with Crippen molar-refractivity contribution in [1.82, 2.24) is 9.88 Å². The second-order valence-electron chi connectivity index (χ2n) is 11.3. The molecule has 0 bridgehead atoms. The number of phenols is 1. The molecule has 1 amide bonds. The maximum atomic E-state index is 14.1. The maximum Gasteiger partial charge on any atom is 0.255 e. The molecule has 1 aromatic carbocycles. The molecule has 0 saturated heterocycles. The van der Waals surface area contributed by atoms with Crippen LogP contribution in [0.2, 0.25) is 0 Å². The molecule has 0 radical (unpaired) electrons. The SMILES string of the molecule is Cc1csc(NCc2cc(N(C)C)c3c(c2O)C(=O)C2=C(O)C4(O)C(=O)C(C(N)=O)=C(O)C(N(C)C)[C@@H]4C[C@@H]2C3)n1. The lowest BCUT2D eigenvalue weighted by molar-refractivity contribution is -0.148. The van der Waals surface area contributed by atoms with Crippen LogP contribution in [0.3, 0.4) is 0 Å². The Morgan fingerprint density at radius 3 is 2.46 bits per heavy atom. The van der Waals surface area contributed by atoms with Crippen molar-refractivity contribution in [1.29, 1.82) is 0 Å². The number of carbonyl (C=O) groups excluding carboxylic acids is 3. The van der Waals surface area contributed by atoms with Gasteiger partial charge < -0.3 is 36.4 Å². The first kappa shape index (κ1) is 28.6. The van der Waals surface area contributed by atoms with Crippen molar-refractivity contribution in [3.05, 3.63) is 56.5 Å². The molecule has 2 unspecified atom stereocenters. The molecule has 3 aliphatic carbocycles. The zero-order valence-corrected chi connectivity index (χ0v) is 24.2. The lowest BCUT2D eigenvalue weighted by Crippen LogP contribution is -2.63. The fraction of sp³-hybridized carbons (Fsp3) is 0.429. The number of aryl methyl sites for hydroxylation is 1. The van der Waals surface area contributed by atoms with Gasteiger partial charge in [0.1, 0.15) is 22.8 Å². The zero-order valence-electron chi connectivity index (χ0n) is 23.3. The van der Waals surface area contributed by atoms with E-state index in [4.69, 9.17) is 5.73 Å². The van der Waals surface area contributed by atoms with Crippen LogP contribution in [0.25, 0.3) is 0 Å². The van der Waals surface area contributed by atoms with Gasteiger partial charge in [0, 0.05) is 48.8 Å². The van der Waals surface area contributed by atoms with Crippen LogP contribution in [0.1, 0.15) is 33.6 Å². The minimum Gasteiger partial charge on any atom is -0.510 e. The van der Waals surface area contributed by atoms with Crippen LogP contribution in [0, 0.1) is 18.8 Å². The van der Waals surface area contributed by atoms with Crippen molar-refractivity contribution in [3.63, 3.8) is 0 Å². The van der Waals surface area contributed by atoms with Crippen molar-refractivity contribution in [2.24, 2.45) is 17.6 Å². The highest BCUT2D eigenvalue weighted by atomic mass is 32.1. The van der Waals surface area contributed by atoms with E-state index in [9.17, 15) is 34.8 Å². The largest absolute Gasteiger partial charge is 0.510 e. The Morgan fingerprint density at radius 1 is 1.22 bits per heavy atom. The zero-order chi connectivity index (χ0) is 30.1. The van der Waals surface area contributed by atoms with E-state index in [0.29, 0.717) is 21.9 Å². The number of fused-ring (bicyclic) bond motifs is 3. The van der Waals surface area contributed by atoms with Gasteiger partial charge in [-0.2, -0.15) is 0 Å². The molecular weight excluding hydrogens is 550 g/mol. The van der Waals surface area contributed by atoms with Gasteiger partial charge in [0.25, 0.3) is 5.91 Å². The Hall–Kier alpha value is -3.94. The van der Waals surface area contributed by atoms with Gasteiger partial charge in [0.2, 0.25) is 5.78 Å². The highest BCUT2D eigenvalue weighted by Gasteiger charge is 2.63. The molecule has 2 aromatic rings. The number of anilines is 2. The van der Waals surface area contributed by atoms with Gasteiger partial charge in [0.15, 0.2) is 16.5 Å². The first-order valence-electron chi connectivity index (χ1n) is 13.1. The van der Waals surface area contributed by atoms with Crippen LogP contribution in [-0.4, -0.2) is 87.6 Å². The number of phenolic OH excluding ortho intramolecular Hbond substituents is 1. The number of primary amides is 1. The van der Waals surface area contributed by atoms with E-state index >= 15 is 0 Å². The number of hydrogen-bond acceptors (Lipinski definition) is 12. The normalized spacial score (nSPS) is 25.7. The number of nitrogens with one attached hydrogen (secondary N) is 1. The molecule has 218 valence electrons. The van der Waals surface area contributed by atoms with Crippen molar-refractivity contribution < 1.29 is 34.8 Å². The molecule has 0 fully saturated rings. The molecule has 3 aliphatic rings. The third-order valence-corrected chi connectivity index (χ3v) is 9.23. The summed E-state index contributed by atoms with van der Waals surface area (Å²) in [5.41, 5.74) is 4.20. The van der Waals surface area contributed by atoms with Gasteiger partial charge in [0.05, 0.1) is 17.3 Å². The predicted molar refractivity (Wildman–Crippen MR) is 152 cm³/mol. The van der Waals surface area contributed by atoms with Gasteiger partial charge in [-0.15, -0.1) is 11.3 Å². The number of aromatic nitrogens is 1. The standard InChI is InChI=1S/C28H33N5O7S/c1-11-10-41-27(31-11)30-9-13-8-16(32(2)3)14-6-12-7-15-20(33(4)5)23(36)19(26(29)39)25(38)28(15,40)24(37)17(12)22(35)18(14)21(13)34/h8,10,12,15,20,34,36-37,40H,6-7,9H2,1-5H3,(H2,29,39)(H,30,31)/t12-,15-,20?,28?/m0/s1. The van der Waals surface area contributed by atoms with Crippen LogP contribution in [0.4, 0.5) is 10.8 Å². The van der Waals surface area contributed by atoms with Gasteiger partial charge in [-0.25, -0.2) is 4.98 Å². The summed E-state index contributed by atoms with van der Waals surface area (Å²) >= 11 is 1.41. The number of nitrogens with zero attached hydrogens (tertiary/aromatic N) is 3.